The maximum Gasteiger partial charge on any atom is 0.121 e. The molecule has 0 radical (unpaired) electrons. The molecule has 106 valence electrons. The second kappa shape index (κ2) is 6.80. The van der Waals surface area contributed by atoms with E-state index < -0.39 is 0 Å². The quantitative estimate of drug-likeness (QED) is 0.833. The Morgan fingerprint density at radius 2 is 2.35 bits per heavy atom. The number of anilines is 1. The van der Waals surface area contributed by atoms with Crippen molar-refractivity contribution in [2.75, 3.05) is 5.32 Å². The third-order valence-corrected chi connectivity index (χ3v) is 3.08. The summed E-state index contributed by atoms with van der Waals surface area (Å²) in [6, 6.07) is 8.02. The SMILES string of the molecule is C=Cn1cc(CNc2cccc(OC(C)CC)c2)cn1. The molecule has 1 aromatic heterocycles. The monoisotopic (exact) mass is 271 g/mol. The van der Waals surface area contributed by atoms with Crippen molar-refractivity contribution in [1.82, 2.24) is 9.78 Å². The molecular formula is C16H21N3O. The van der Waals surface area contributed by atoms with E-state index in [-0.39, 0.29) is 6.10 Å². The summed E-state index contributed by atoms with van der Waals surface area (Å²) in [5, 5.41) is 7.51. The summed E-state index contributed by atoms with van der Waals surface area (Å²) in [5.74, 6) is 0.895. The van der Waals surface area contributed by atoms with Gasteiger partial charge in [-0.25, -0.2) is 4.68 Å². The molecule has 2 aromatic rings. The van der Waals surface area contributed by atoms with Gasteiger partial charge in [0.05, 0.1) is 12.3 Å². The van der Waals surface area contributed by atoms with E-state index in [4.69, 9.17) is 4.74 Å². The van der Waals surface area contributed by atoms with Crippen LogP contribution in [0.4, 0.5) is 5.69 Å². The van der Waals surface area contributed by atoms with Crippen molar-refractivity contribution >= 4 is 11.9 Å². The number of nitrogens with zero attached hydrogens (tertiary/aromatic N) is 2. The van der Waals surface area contributed by atoms with Gasteiger partial charge in [-0.3, -0.25) is 0 Å². The van der Waals surface area contributed by atoms with Crippen LogP contribution in [0, 0.1) is 0 Å². The molecule has 0 aliphatic heterocycles. The summed E-state index contributed by atoms with van der Waals surface area (Å²) in [4.78, 5) is 0. The zero-order chi connectivity index (χ0) is 14.4. The Labute approximate surface area is 120 Å². The first-order chi connectivity index (χ1) is 9.71. The lowest BCUT2D eigenvalue weighted by Crippen LogP contribution is -2.09. The van der Waals surface area contributed by atoms with Crippen molar-refractivity contribution in [2.45, 2.75) is 32.9 Å². The van der Waals surface area contributed by atoms with Crippen molar-refractivity contribution in [3.8, 4) is 5.75 Å². The smallest absolute Gasteiger partial charge is 0.121 e. The fourth-order valence-corrected chi connectivity index (χ4v) is 1.77. The first-order valence-electron chi connectivity index (χ1n) is 6.87. The number of nitrogens with one attached hydrogen (secondary N) is 1. The second-order valence-corrected chi connectivity index (χ2v) is 4.73. The van der Waals surface area contributed by atoms with Crippen LogP contribution < -0.4 is 10.1 Å². The van der Waals surface area contributed by atoms with Crippen molar-refractivity contribution < 1.29 is 4.74 Å². The minimum atomic E-state index is 0.232. The molecule has 0 saturated carbocycles. The van der Waals surface area contributed by atoms with Crippen LogP contribution in [0.5, 0.6) is 5.75 Å². The van der Waals surface area contributed by atoms with Gasteiger partial charge < -0.3 is 10.1 Å². The maximum atomic E-state index is 5.81. The molecule has 1 aromatic carbocycles. The van der Waals surface area contributed by atoms with E-state index in [2.05, 4.69) is 30.8 Å². The molecule has 0 aliphatic rings. The highest BCUT2D eigenvalue weighted by Crippen LogP contribution is 2.19. The molecule has 4 nitrogen and oxygen atoms in total. The van der Waals surface area contributed by atoms with E-state index in [1.807, 2.05) is 36.7 Å². The summed E-state index contributed by atoms with van der Waals surface area (Å²) >= 11 is 0. The zero-order valence-corrected chi connectivity index (χ0v) is 12.0. The van der Waals surface area contributed by atoms with Gasteiger partial charge in [0.15, 0.2) is 0 Å². The van der Waals surface area contributed by atoms with Gasteiger partial charge in [0.25, 0.3) is 0 Å². The number of hydrogen-bond acceptors (Lipinski definition) is 3. The third kappa shape index (κ3) is 3.88. The average molecular weight is 271 g/mol. The molecule has 4 heteroatoms. The van der Waals surface area contributed by atoms with Crippen LogP contribution in [0.25, 0.3) is 6.20 Å². The van der Waals surface area contributed by atoms with E-state index in [9.17, 15) is 0 Å². The number of aromatic nitrogens is 2. The molecule has 0 saturated heterocycles. The highest BCUT2D eigenvalue weighted by atomic mass is 16.5. The van der Waals surface area contributed by atoms with E-state index in [1.54, 1.807) is 10.9 Å². The van der Waals surface area contributed by atoms with E-state index in [0.29, 0.717) is 0 Å². The minimum Gasteiger partial charge on any atom is -0.491 e. The van der Waals surface area contributed by atoms with Crippen LogP contribution in [0.15, 0.2) is 43.2 Å². The fourth-order valence-electron chi connectivity index (χ4n) is 1.77. The van der Waals surface area contributed by atoms with Crippen LogP contribution in [-0.4, -0.2) is 15.9 Å². The van der Waals surface area contributed by atoms with E-state index in [1.165, 1.54) is 0 Å². The van der Waals surface area contributed by atoms with E-state index in [0.717, 1.165) is 30.0 Å². The molecule has 20 heavy (non-hydrogen) atoms. The van der Waals surface area contributed by atoms with Crippen molar-refractivity contribution in [3.63, 3.8) is 0 Å². The molecule has 0 fully saturated rings. The summed E-state index contributed by atoms with van der Waals surface area (Å²) in [7, 11) is 0. The van der Waals surface area contributed by atoms with Gasteiger partial charge in [-0.2, -0.15) is 5.10 Å². The predicted octanol–water partition coefficient (Wildman–Crippen LogP) is 3.77. The van der Waals surface area contributed by atoms with Gasteiger partial charge in [-0.15, -0.1) is 0 Å². The van der Waals surface area contributed by atoms with Gasteiger partial charge in [0.2, 0.25) is 0 Å². The van der Waals surface area contributed by atoms with Crippen molar-refractivity contribution in [3.05, 3.63) is 48.8 Å². The number of hydrogen-bond donors (Lipinski definition) is 1. The number of ether oxygens (including phenoxy) is 1. The van der Waals surface area contributed by atoms with Crippen LogP contribution in [0.1, 0.15) is 25.8 Å². The minimum absolute atomic E-state index is 0.232. The molecule has 0 bridgehead atoms. The highest BCUT2D eigenvalue weighted by molar-refractivity contribution is 5.48. The average Bonchev–Trinajstić information content (AvgIpc) is 2.93. The van der Waals surface area contributed by atoms with Crippen LogP contribution in [0.3, 0.4) is 0 Å². The zero-order valence-electron chi connectivity index (χ0n) is 12.0. The van der Waals surface area contributed by atoms with Crippen molar-refractivity contribution in [2.24, 2.45) is 0 Å². The van der Waals surface area contributed by atoms with Crippen LogP contribution in [0.2, 0.25) is 0 Å². The van der Waals surface area contributed by atoms with Gasteiger partial charge in [0.1, 0.15) is 5.75 Å². The molecule has 0 amide bonds. The van der Waals surface area contributed by atoms with Gasteiger partial charge >= 0.3 is 0 Å². The molecule has 1 N–H and O–H groups in total. The largest absolute Gasteiger partial charge is 0.491 e. The topological polar surface area (TPSA) is 39.1 Å². The Kier molecular flexibility index (Phi) is 4.82. The third-order valence-electron chi connectivity index (χ3n) is 3.08. The normalized spacial score (nSPS) is 11.9. The molecule has 0 aliphatic carbocycles. The summed E-state index contributed by atoms with van der Waals surface area (Å²) in [6.07, 6.45) is 6.67. The summed E-state index contributed by atoms with van der Waals surface area (Å²) in [6.45, 7) is 8.58. The molecule has 1 unspecified atom stereocenters. The first-order valence-corrected chi connectivity index (χ1v) is 6.87. The Hall–Kier alpha value is -2.23. The number of benzene rings is 1. The molecular weight excluding hydrogens is 250 g/mol. The second-order valence-electron chi connectivity index (χ2n) is 4.73. The number of rotatable bonds is 7. The molecule has 1 atom stereocenters. The van der Waals surface area contributed by atoms with E-state index >= 15 is 0 Å². The Bertz CT molecular complexity index is 562. The lowest BCUT2D eigenvalue weighted by Gasteiger charge is -2.13. The van der Waals surface area contributed by atoms with Crippen LogP contribution >= 0.6 is 0 Å². The fraction of sp³-hybridized carbons (Fsp3) is 0.312. The predicted molar refractivity (Wildman–Crippen MR) is 82.8 cm³/mol. The van der Waals surface area contributed by atoms with Crippen LogP contribution in [-0.2, 0) is 6.54 Å². The highest BCUT2D eigenvalue weighted by Gasteiger charge is 2.02. The Morgan fingerprint density at radius 1 is 1.50 bits per heavy atom. The standard InChI is InChI=1S/C16H21N3O/c1-4-13(3)20-16-8-6-7-15(9-16)17-10-14-11-18-19(5-2)12-14/h5-9,11-13,17H,2,4,10H2,1,3H3. The van der Waals surface area contributed by atoms with Crippen molar-refractivity contribution in [1.29, 1.82) is 0 Å². The summed E-state index contributed by atoms with van der Waals surface area (Å²) in [5.41, 5.74) is 2.15. The summed E-state index contributed by atoms with van der Waals surface area (Å²) < 4.78 is 7.50. The Balaban J connectivity index is 1.95. The first kappa shape index (κ1) is 14.2. The molecule has 2 rings (SSSR count). The Morgan fingerprint density at radius 3 is 3.05 bits per heavy atom. The molecule has 0 spiro atoms. The van der Waals surface area contributed by atoms with Gasteiger partial charge in [-0.1, -0.05) is 19.6 Å². The molecule has 1 heterocycles. The van der Waals surface area contributed by atoms with Gasteiger partial charge in [0, 0.05) is 36.3 Å². The lowest BCUT2D eigenvalue weighted by molar-refractivity contribution is 0.217. The van der Waals surface area contributed by atoms with Gasteiger partial charge in [-0.05, 0) is 25.5 Å². The maximum absolute atomic E-state index is 5.81. The lowest BCUT2D eigenvalue weighted by atomic mass is 10.2.